The molecule has 2 heteroatoms. The van der Waals surface area contributed by atoms with E-state index in [1.165, 1.54) is 23.7 Å². The van der Waals surface area contributed by atoms with Gasteiger partial charge in [-0.2, -0.15) is 0 Å². The zero-order chi connectivity index (χ0) is 10.8. The molecule has 0 fully saturated rings. The minimum absolute atomic E-state index is 0.603. The van der Waals surface area contributed by atoms with Crippen molar-refractivity contribution in [1.82, 2.24) is 4.57 Å². The molecule has 2 nitrogen and oxygen atoms in total. The average molecular weight is 202 g/mol. The van der Waals surface area contributed by atoms with Gasteiger partial charge in [0.1, 0.15) is 0 Å². The van der Waals surface area contributed by atoms with Crippen LogP contribution in [0.2, 0.25) is 0 Å². The van der Waals surface area contributed by atoms with Gasteiger partial charge in [0.15, 0.2) is 0 Å². The first kappa shape index (κ1) is 10.1. The number of benzene rings is 1. The van der Waals surface area contributed by atoms with E-state index in [4.69, 9.17) is 5.73 Å². The number of anilines is 1. The summed E-state index contributed by atoms with van der Waals surface area (Å²) in [7, 11) is 0. The molecule has 15 heavy (non-hydrogen) atoms. The highest BCUT2D eigenvalue weighted by molar-refractivity contribution is 5.83. The Bertz CT molecular complexity index is 453. The SMILES string of the molecule is CCC(CC)n1ccc2cc(N)ccc21. The predicted molar refractivity (Wildman–Crippen MR) is 66.0 cm³/mol. The Hall–Kier alpha value is -1.44. The summed E-state index contributed by atoms with van der Waals surface area (Å²) in [6, 6.07) is 8.87. The fraction of sp³-hybridized carbons (Fsp3) is 0.385. The van der Waals surface area contributed by atoms with Gasteiger partial charge in [-0.3, -0.25) is 0 Å². The molecule has 2 aromatic rings. The lowest BCUT2D eigenvalue weighted by atomic mass is 10.1. The number of fused-ring (bicyclic) bond motifs is 1. The maximum atomic E-state index is 5.76. The van der Waals surface area contributed by atoms with Gasteiger partial charge in [0.25, 0.3) is 0 Å². The Labute approximate surface area is 90.7 Å². The molecule has 0 amide bonds. The minimum Gasteiger partial charge on any atom is -0.399 e. The van der Waals surface area contributed by atoms with Gasteiger partial charge in [-0.25, -0.2) is 0 Å². The standard InChI is InChI=1S/C13H18N2/c1-3-12(4-2)15-8-7-10-9-11(14)5-6-13(10)15/h5-9,12H,3-4,14H2,1-2H3. The van der Waals surface area contributed by atoms with Crippen LogP contribution < -0.4 is 5.73 Å². The number of nitrogen functional groups attached to an aromatic ring is 1. The van der Waals surface area contributed by atoms with E-state index >= 15 is 0 Å². The van der Waals surface area contributed by atoms with Crippen LogP contribution in [0.3, 0.4) is 0 Å². The van der Waals surface area contributed by atoms with Gasteiger partial charge < -0.3 is 10.3 Å². The first-order valence-corrected chi connectivity index (χ1v) is 5.62. The normalized spacial score (nSPS) is 11.4. The number of nitrogens with zero attached hydrogens (tertiary/aromatic N) is 1. The van der Waals surface area contributed by atoms with Crippen molar-refractivity contribution < 1.29 is 0 Å². The van der Waals surface area contributed by atoms with Crippen molar-refractivity contribution in [2.24, 2.45) is 0 Å². The monoisotopic (exact) mass is 202 g/mol. The molecule has 1 aromatic carbocycles. The molecule has 0 aliphatic rings. The molecule has 0 atom stereocenters. The third-order valence-corrected chi connectivity index (χ3v) is 3.08. The summed E-state index contributed by atoms with van der Waals surface area (Å²) in [5.74, 6) is 0. The van der Waals surface area contributed by atoms with E-state index in [-0.39, 0.29) is 0 Å². The van der Waals surface area contributed by atoms with Crippen molar-refractivity contribution in [2.75, 3.05) is 5.73 Å². The van der Waals surface area contributed by atoms with Crippen LogP contribution in [0.4, 0.5) is 5.69 Å². The third kappa shape index (κ3) is 1.72. The molecule has 1 heterocycles. The summed E-state index contributed by atoms with van der Waals surface area (Å²) >= 11 is 0. The summed E-state index contributed by atoms with van der Waals surface area (Å²) in [5, 5.41) is 1.24. The second-order valence-corrected chi connectivity index (χ2v) is 4.01. The minimum atomic E-state index is 0.603. The summed E-state index contributed by atoms with van der Waals surface area (Å²) in [5.41, 5.74) is 7.89. The van der Waals surface area contributed by atoms with Crippen molar-refractivity contribution >= 4 is 16.6 Å². The molecule has 0 bridgehead atoms. The lowest BCUT2D eigenvalue weighted by Crippen LogP contribution is -2.04. The summed E-state index contributed by atoms with van der Waals surface area (Å²) in [4.78, 5) is 0. The van der Waals surface area contributed by atoms with Crippen LogP contribution in [-0.4, -0.2) is 4.57 Å². The maximum Gasteiger partial charge on any atom is 0.0484 e. The Morgan fingerprint density at radius 3 is 2.60 bits per heavy atom. The van der Waals surface area contributed by atoms with Crippen LogP contribution >= 0.6 is 0 Å². The van der Waals surface area contributed by atoms with Crippen LogP contribution in [-0.2, 0) is 0 Å². The zero-order valence-corrected chi connectivity index (χ0v) is 9.40. The predicted octanol–water partition coefficient (Wildman–Crippen LogP) is 3.58. The fourth-order valence-corrected chi connectivity index (χ4v) is 2.18. The van der Waals surface area contributed by atoms with Gasteiger partial charge in [0, 0.05) is 28.8 Å². The highest BCUT2D eigenvalue weighted by Gasteiger charge is 2.08. The smallest absolute Gasteiger partial charge is 0.0484 e. The molecule has 1 aromatic heterocycles. The lowest BCUT2D eigenvalue weighted by molar-refractivity contribution is 0.486. The van der Waals surface area contributed by atoms with Gasteiger partial charge in [-0.1, -0.05) is 13.8 Å². The summed E-state index contributed by atoms with van der Waals surface area (Å²) < 4.78 is 2.36. The van der Waals surface area contributed by atoms with Crippen molar-refractivity contribution in [1.29, 1.82) is 0 Å². The summed E-state index contributed by atoms with van der Waals surface area (Å²) in [6.07, 6.45) is 4.51. The zero-order valence-electron chi connectivity index (χ0n) is 9.40. The van der Waals surface area contributed by atoms with Crippen molar-refractivity contribution in [2.45, 2.75) is 32.7 Å². The molecule has 80 valence electrons. The molecule has 0 saturated carbocycles. The molecule has 0 aliphatic heterocycles. The quantitative estimate of drug-likeness (QED) is 0.758. The fourth-order valence-electron chi connectivity index (χ4n) is 2.18. The molecular formula is C13H18N2. The number of aromatic nitrogens is 1. The van der Waals surface area contributed by atoms with Crippen molar-refractivity contribution in [3.05, 3.63) is 30.5 Å². The molecule has 0 unspecified atom stereocenters. The molecule has 0 radical (unpaired) electrons. The Morgan fingerprint density at radius 2 is 1.93 bits per heavy atom. The number of hydrogen-bond donors (Lipinski definition) is 1. The van der Waals surface area contributed by atoms with Crippen LogP contribution in [0, 0.1) is 0 Å². The summed E-state index contributed by atoms with van der Waals surface area (Å²) in [6.45, 7) is 4.47. The maximum absolute atomic E-state index is 5.76. The van der Waals surface area contributed by atoms with Gasteiger partial charge in [0.2, 0.25) is 0 Å². The highest BCUT2D eigenvalue weighted by atomic mass is 15.0. The molecule has 0 aliphatic carbocycles. The lowest BCUT2D eigenvalue weighted by Gasteiger charge is -2.16. The van der Waals surface area contributed by atoms with E-state index in [0.29, 0.717) is 6.04 Å². The van der Waals surface area contributed by atoms with Gasteiger partial charge in [0.05, 0.1) is 0 Å². The van der Waals surface area contributed by atoms with Crippen LogP contribution in [0.5, 0.6) is 0 Å². The van der Waals surface area contributed by atoms with E-state index < -0.39 is 0 Å². The van der Waals surface area contributed by atoms with E-state index in [9.17, 15) is 0 Å². The van der Waals surface area contributed by atoms with Crippen LogP contribution in [0.1, 0.15) is 32.7 Å². The van der Waals surface area contributed by atoms with Crippen molar-refractivity contribution in [3.63, 3.8) is 0 Å². The highest BCUT2D eigenvalue weighted by Crippen LogP contribution is 2.25. The Kier molecular flexibility index (Phi) is 2.67. The van der Waals surface area contributed by atoms with Gasteiger partial charge in [-0.15, -0.1) is 0 Å². The number of hydrogen-bond acceptors (Lipinski definition) is 1. The van der Waals surface area contributed by atoms with Crippen molar-refractivity contribution in [3.8, 4) is 0 Å². The van der Waals surface area contributed by atoms with Crippen LogP contribution in [0.25, 0.3) is 10.9 Å². The number of nitrogens with two attached hydrogens (primary N) is 1. The van der Waals surface area contributed by atoms with E-state index in [0.717, 1.165) is 5.69 Å². The largest absolute Gasteiger partial charge is 0.399 e. The second-order valence-electron chi connectivity index (χ2n) is 4.01. The average Bonchev–Trinajstić information content (AvgIpc) is 2.63. The molecular weight excluding hydrogens is 184 g/mol. The third-order valence-electron chi connectivity index (χ3n) is 3.08. The molecule has 0 saturated heterocycles. The topological polar surface area (TPSA) is 30.9 Å². The second kappa shape index (κ2) is 3.97. The number of rotatable bonds is 3. The van der Waals surface area contributed by atoms with E-state index in [1.54, 1.807) is 0 Å². The molecule has 2 N–H and O–H groups in total. The van der Waals surface area contributed by atoms with Gasteiger partial charge >= 0.3 is 0 Å². The molecule has 0 spiro atoms. The van der Waals surface area contributed by atoms with E-state index in [1.807, 2.05) is 12.1 Å². The molecule has 2 rings (SSSR count). The van der Waals surface area contributed by atoms with Crippen LogP contribution in [0.15, 0.2) is 30.5 Å². The first-order chi connectivity index (χ1) is 7.26. The van der Waals surface area contributed by atoms with E-state index in [2.05, 4.69) is 36.7 Å². The van der Waals surface area contributed by atoms with Gasteiger partial charge in [-0.05, 0) is 37.1 Å². The Morgan fingerprint density at radius 1 is 1.20 bits per heavy atom. The first-order valence-electron chi connectivity index (χ1n) is 5.62. The Balaban J connectivity index is 2.53.